The Labute approximate surface area is 224 Å². The first kappa shape index (κ1) is 22.2. The van der Waals surface area contributed by atoms with Crippen LogP contribution in [0.15, 0.2) is 133 Å². The molecule has 3 heterocycles. The molecule has 0 unspecified atom stereocenters. The van der Waals surface area contributed by atoms with Gasteiger partial charge in [0.15, 0.2) is 7.14 Å². The van der Waals surface area contributed by atoms with Crippen LogP contribution in [0.2, 0.25) is 0 Å². The summed E-state index contributed by atoms with van der Waals surface area (Å²) in [7, 11) is -3.20. The molecule has 0 aliphatic carbocycles. The number of para-hydroxylation sites is 3. The lowest BCUT2D eigenvalue weighted by Gasteiger charge is -2.22. The summed E-state index contributed by atoms with van der Waals surface area (Å²) in [4.78, 5) is 10.3. The van der Waals surface area contributed by atoms with E-state index >= 15 is 4.57 Å². The summed E-state index contributed by atoms with van der Waals surface area (Å²) in [6.45, 7) is 0. The minimum absolute atomic E-state index is 0.786. The maximum Gasteiger partial charge on any atom is 0.171 e. The zero-order valence-electron chi connectivity index (χ0n) is 20.9. The molecule has 0 amide bonds. The van der Waals surface area contributed by atoms with Crippen molar-refractivity contribution in [1.29, 1.82) is 0 Å². The minimum atomic E-state index is -3.20. The maximum atomic E-state index is 15.3. The van der Waals surface area contributed by atoms with Gasteiger partial charge in [-0.2, -0.15) is 0 Å². The molecular weight excluding hydrogens is 497 g/mol. The van der Waals surface area contributed by atoms with Gasteiger partial charge >= 0.3 is 0 Å². The predicted molar refractivity (Wildman–Crippen MR) is 162 cm³/mol. The van der Waals surface area contributed by atoms with Crippen LogP contribution in [0.25, 0.3) is 49.4 Å². The maximum absolute atomic E-state index is 15.3. The molecule has 0 radical (unpaired) electrons. The molecule has 0 atom stereocenters. The summed E-state index contributed by atoms with van der Waals surface area (Å²) in [5.41, 5.74) is 5.62. The van der Waals surface area contributed by atoms with Gasteiger partial charge in [0, 0.05) is 32.1 Å². The van der Waals surface area contributed by atoms with Gasteiger partial charge in [-0.15, -0.1) is 0 Å². The summed E-state index contributed by atoms with van der Waals surface area (Å²) < 4.78 is 17.6. The predicted octanol–water partition coefficient (Wildman–Crippen LogP) is 6.98. The molecule has 4 nitrogen and oxygen atoms in total. The highest BCUT2D eigenvalue weighted by molar-refractivity contribution is 7.85. The third-order valence-electron chi connectivity index (χ3n) is 7.62. The monoisotopic (exact) mass is 519 g/mol. The van der Waals surface area contributed by atoms with E-state index in [4.69, 9.17) is 9.97 Å². The second kappa shape index (κ2) is 8.36. The third kappa shape index (κ3) is 3.16. The zero-order chi connectivity index (χ0) is 26.0. The Morgan fingerprint density at radius 1 is 0.513 bits per heavy atom. The normalized spacial score (nSPS) is 12.2. The molecule has 8 rings (SSSR count). The number of rotatable bonds is 3. The van der Waals surface area contributed by atoms with E-state index in [0.29, 0.717) is 0 Å². The average molecular weight is 520 g/mol. The molecule has 0 saturated heterocycles. The van der Waals surface area contributed by atoms with Crippen LogP contribution in [0.3, 0.4) is 0 Å². The smallest absolute Gasteiger partial charge is 0.171 e. The molecule has 0 N–H and O–H groups in total. The Morgan fingerprint density at radius 2 is 1.13 bits per heavy atom. The van der Waals surface area contributed by atoms with E-state index < -0.39 is 7.14 Å². The van der Waals surface area contributed by atoms with Crippen molar-refractivity contribution in [2.75, 3.05) is 0 Å². The first-order chi connectivity index (χ1) is 19.2. The van der Waals surface area contributed by atoms with E-state index in [2.05, 4.69) is 34.7 Å². The van der Waals surface area contributed by atoms with Crippen molar-refractivity contribution in [3.8, 4) is 0 Å². The molecule has 39 heavy (non-hydrogen) atoms. The number of nitrogens with zero attached hydrogens (tertiary/aromatic N) is 3. The Kier molecular flexibility index (Phi) is 4.76. The van der Waals surface area contributed by atoms with Crippen LogP contribution in [0.5, 0.6) is 0 Å². The van der Waals surface area contributed by atoms with Crippen LogP contribution in [0.4, 0.5) is 0 Å². The Balaban J connectivity index is 1.56. The molecule has 0 saturated carbocycles. The first-order valence-corrected chi connectivity index (χ1v) is 14.7. The molecule has 3 aromatic heterocycles. The molecule has 0 bridgehead atoms. The topological polar surface area (TPSA) is 47.3 Å². The SMILES string of the molecule is O=P(c1ccccc1)(c1ccccc1)c1cccc2nc3c4ccccc4n4c5ccccc5nc4c3cc12. The fraction of sp³-hybridized carbons (Fsp3) is 0. The second-order valence-electron chi connectivity index (χ2n) is 9.79. The van der Waals surface area contributed by atoms with Crippen molar-refractivity contribution >= 4 is 72.4 Å². The van der Waals surface area contributed by atoms with E-state index in [1.807, 2.05) is 103 Å². The largest absolute Gasteiger partial charge is 0.309 e. The lowest BCUT2D eigenvalue weighted by atomic mass is 10.1. The molecule has 0 aliphatic rings. The van der Waals surface area contributed by atoms with Gasteiger partial charge in [0.2, 0.25) is 0 Å². The van der Waals surface area contributed by atoms with Crippen molar-refractivity contribution in [3.05, 3.63) is 133 Å². The number of pyridine rings is 2. The number of fused-ring (bicyclic) bond motifs is 9. The van der Waals surface area contributed by atoms with E-state index in [-0.39, 0.29) is 0 Å². The van der Waals surface area contributed by atoms with Crippen molar-refractivity contribution in [3.63, 3.8) is 0 Å². The van der Waals surface area contributed by atoms with Crippen LogP contribution in [-0.4, -0.2) is 14.4 Å². The second-order valence-corrected chi connectivity index (χ2v) is 12.5. The average Bonchev–Trinajstić information content (AvgIpc) is 3.41. The minimum Gasteiger partial charge on any atom is -0.309 e. The van der Waals surface area contributed by atoms with Gasteiger partial charge in [-0.3, -0.25) is 4.40 Å². The Hall–Kier alpha value is -4.79. The van der Waals surface area contributed by atoms with Crippen LogP contribution in [-0.2, 0) is 4.57 Å². The highest BCUT2D eigenvalue weighted by Crippen LogP contribution is 2.45. The fourth-order valence-corrected chi connectivity index (χ4v) is 8.71. The molecule has 184 valence electrons. The zero-order valence-corrected chi connectivity index (χ0v) is 21.8. The summed E-state index contributed by atoms with van der Waals surface area (Å²) in [6.07, 6.45) is 0. The van der Waals surface area contributed by atoms with Crippen molar-refractivity contribution in [1.82, 2.24) is 14.4 Å². The van der Waals surface area contributed by atoms with Gasteiger partial charge in [-0.1, -0.05) is 103 Å². The van der Waals surface area contributed by atoms with Crippen molar-refractivity contribution in [2.45, 2.75) is 0 Å². The van der Waals surface area contributed by atoms with E-state index in [1.165, 1.54) is 0 Å². The molecule has 8 aromatic rings. The van der Waals surface area contributed by atoms with E-state index in [1.54, 1.807) is 0 Å². The van der Waals surface area contributed by atoms with Gasteiger partial charge < -0.3 is 4.57 Å². The molecule has 5 heteroatoms. The molecule has 5 aromatic carbocycles. The first-order valence-electron chi connectivity index (χ1n) is 13.0. The highest BCUT2D eigenvalue weighted by Gasteiger charge is 2.31. The van der Waals surface area contributed by atoms with Crippen molar-refractivity contribution < 1.29 is 4.57 Å². The third-order valence-corrected chi connectivity index (χ3v) is 10.7. The molecule has 0 fully saturated rings. The lowest BCUT2D eigenvalue weighted by molar-refractivity contribution is 0.592. The number of hydrogen-bond acceptors (Lipinski definition) is 3. The summed E-state index contributed by atoms with van der Waals surface area (Å²) in [6, 6.07) is 44.3. The summed E-state index contributed by atoms with van der Waals surface area (Å²) in [5.74, 6) is 0. The summed E-state index contributed by atoms with van der Waals surface area (Å²) in [5, 5.41) is 5.28. The molecular formula is C34H22N3OP. The summed E-state index contributed by atoms with van der Waals surface area (Å²) >= 11 is 0. The van der Waals surface area contributed by atoms with Gasteiger partial charge in [0.05, 0.1) is 27.6 Å². The van der Waals surface area contributed by atoms with E-state index in [9.17, 15) is 0 Å². The molecule has 0 spiro atoms. The lowest BCUT2D eigenvalue weighted by Crippen LogP contribution is -2.25. The van der Waals surface area contributed by atoms with Crippen LogP contribution in [0.1, 0.15) is 0 Å². The Bertz CT molecular complexity index is 2210. The number of imidazole rings is 1. The van der Waals surface area contributed by atoms with Crippen LogP contribution >= 0.6 is 7.14 Å². The fourth-order valence-electron chi connectivity index (χ4n) is 5.85. The van der Waals surface area contributed by atoms with Crippen LogP contribution < -0.4 is 15.9 Å². The standard InChI is InChI=1S/C34H22N3OP/c38-39(23-12-3-1-4-13-23,24-14-5-2-6-15-24)32-21-11-18-28-26(32)22-27-33(35-28)25-16-7-9-19-30(25)37-31-20-10-8-17-29(31)36-34(27)37/h1-22H. The Morgan fingerprint density at radius 3 is 1.87 bits per heavy atom. The van der Waals surface area contributed by atoms with Crippen LogP contribution in [0, 0.1) is 0 Å². The number of aromatic nitrogens is 3. The number of benzene rings is 5. The number of hydrogen-bond donors (Lipinski definition) is 0. The van der Waals surface area contributed by atoms with E-state index in [0.717, 1.165) is 65.3 Å². The quantitative estimate of drug-likeness (QED) is 0.144. The van der Waals surface area contributed by atoms with Gasteiger partial charge in [0.1, 0.15) is 5.65 Å². The van der Waals surface area contributed by atoms with Gasteiger partial charge in [-0.05, 0) is 30.3 Å². The van der Waals surface area contributed by atoms with Crippen molar-refractivity contribution in [2.24, 2.45) is 0 Å². The highest BCUT2D eigenvalue weighted by atomic mass is 31.2. The molecule has 0 aliphatic heterocycles. The van der Waals surface area contributed by atoms with Gasteiger partial charge in [-0.25, -0.2) is 9.97 Å². The van der Waals surface area contributed by atoms with Gasteiger partial charge in [0.25, 0.3) is 0 Å².